The maximum atomic E-state index is 13.0. The van der Waals surface area contributed by atoms with Crippen molar-refractivity contribution in [3.63, 3.8) is 0 Å². The Balaban J connectivity index is 1.37. The Morgan fingerprint density at radius 1 is 0.933 bits per heavy atom. The molecular formula is C25H29NO3S. The molecule has 4 nitrogen and oxygen atoms in total. The van der Waals surface area contributed by atoms with Crippen LogP contribution in [0, 0.1) is 5.92 Å². The molecule has 0 saturated carbocycles. The number of allylic oxidation sites excluding steroid dienone is 2. The first-order valence-corrected chi connectivity index (χ1v) is 11.4. The van der Waals surface area contributed by atoms with Crippen molar-refractivity contribution in [2.75, 3.05) is 27.3 Å². The van der Waals surface area contributed by atoms with Crippen molar-refractivity contribution in [2.45, 2.75) is 31.1 Å². The van der Waals surface area contributed by atoms with Crippen LogP contribution < -0.4 is 4.74 Å². The molecule has 1 saturated heterocycles. The highest BCUT2D eigenvalue weighted by atomic mass is 32.2. The van der Waals surface area contributed by atoms with Crippen LogP contribution in [0.4, 0.5) is 0 Å². The number of carbonyl (C=O) groups is 1. The summed E-state index contributed by atoms with van der Waals surface area (Å²) in [5, 5.41) is -0.0920. The first-order chi connectivity index (χ1) is 14.7. The third-order valence-corrected chi connectivity index (χ3v) is 7.44. The smallest absolute Gasteiger partial charge is 0.211 e. The maximum absolute atomic E-state index is 13.0. The number of nitrogens with zero attached hydrogens (tertiary/aromatic N) is 1. The molecule has 30 heavy (non-hydrogen) atoms. The average molecular weight is 424 g/mol. The summed E-state index contributed by atoms with van der Waals surface area (Å²) in [6, 6.07) is 18.6. The second-order valence-corrected chi connectivity index (χ2v) is 9.20. The number of Topliss-reactive ketones (excluding diaryl/α,β-unsaturated/α-hetero) is 1. The molecule has 2 aromatic carbocycles. The minimum Gasteiger partial charge on any atom is -0.497 e. The molecule has 0 aliphatic carbocycles. The summed E-state index contributed by atoms with van der Waals surface area (Å²) in [6.45, 7) is 3.10. The van der Waals surface area contributed by atoms with E-state index in [9.17, 15) is 4.79 Å². The molecule has 1 atom stereocenters. The molecule has 0 amide bonds. The quantitative estimate of drug-likeness (QED) is 0.646. The van der Waals surface area contributed by atoms with Crippen LogP contribution in [-0.2, 0) is 22.5 Å². The number of ether oxygens (including phenoxy) is 2. The van der Waals surface area contributed by atoms with Gasteiger partial charge in [0.15, 0.2) is 5.76 Å². The van der Waals surface area contributed by atoms with E-state index in [4.69, 9.17) is 9.47 Å². The second-order valence-electron chi connectivity index (χ2n) is 7.96. The van der Waals surface area contributed by atoms with E-state index in [2.05, 4.69) is 35.2 Å². The van der Waals surface area contributed by atoms with Gasteiger partial charge in [-0.1, -0.05) is 42.5 Å². The van der Waals surface area contributed by atoms with Crippen molar-refractivity contribution in [3.8, 4) is 5.75 Å². The normalized spacial score (nSPS) is 20.6. The topological polar surface area (TPSA) is 38.8 Å². The van der Waals surface area contributed by atoms with Crippen LogP contribution in [0.1, 0.15) is 24.0 Å². The maximum Gasteiger partial charge on any atom is 0.211 e. The van der Waals surface area contributed by atoms with Gasteiger partial charge in [-0.25, -0.2) is 0 Å². The van der Waals surface area contributed by atoms with Crippen LogP contribution in [0.2, 0.25) is 0 Å². The lowest BCUT2D eigenvalue weighted by Crippen LogP contribution is -2.33. The van der Waals surface area contributed by atoms with Crippen LogP contribution in [-0.4, -0.2) is 43.2 Å². The Labute approximate surface area is 183 Å². The van der Waals surface area contributed by atoms with E-state index in [1.165, 1.54) is 10.5 Å². The highest BCUT2D eigenvalue weighted by molar-refractivity contribution is 8.04. The molecule has 0 N–H and O–H groups in total. The van der Waals surface area contributed by atoms with Crippen LogP contribution in [0.3, 0.4) is 0 Å². The predicted molar refractivity (Wildman–Crippen MR) is 122 cm³/mol. The minimum atomic E-state index is -0.0920. The fraction of sp³-hybridized carbons (Fsp3) is 0.400. The molecular weight excluding hydrogens is 394 g/mol. The Morgan fingerprint density at radius 3 is 2.27 bits per heavy atom. The van der Waals surface area contributed by atoms with E-state index < -0.39 is 0 Å². The van der Waals surface area contributed by atoms with E-state index >= 15 is 0 Å². The average Bonchev–Trinajstić information content (AvgIpc) is 3.10. The van der Waals surface area contributed by atoms with Gasteiger partial charge in [0.25, 0.3) is 0 Å². The lowest BCUT2D eigenvalue weighted by atomic mass is 9.94. The number of rotatable bonds is 7. The van der Waals surface area contributed by atoms with Gasteiger partial charge in [-0.3, -0.25) is 9.69 Å². The number of ketones is 1. The number of hydrogen-bond donors (Lipinski definition) is 0. The highest BCUT2D eigenvalue weighted by Crippen LogP contribution is 2.44. The van der Waals surface area contributed by atoms with Gasteiger partial charge in [-0.05, 0) is 61.5 Å². The number of carbonyl (C=O) groups excluding carboxylic acids is 1. The van der Waals surface area contributed by atoms with Crippen molar-refractivity contribution in [1.29, 1.82) is 0 Å². The standard InChI is InChI=1S/C25H29NO3S/c1-28-21-10-8-18(9-11-21)16-22-23(27)24(29-2)25(30-22)20-12-14-26(15-13-20)17-19-6-4-3-5-7-19/h3-11,20,22H,12-17H2,1-2H3. The monoisotopic (exact) mass is 423 g/mol. The molecule has 2 aliphatic rings. The highest BCUT2D eigenvalue weighted by Gasteiger charge is 2.39. The van der Waals surface area contributed by atoms with Crippen molar-refractivity contribution < 1.29 is 14.3 Å². The van der Waals surface area contributed by atoms with Crippen molar-refractivity contribution >= 4 is 17.5 Å². The first kappa shape index (κ1) is 21.0. The number of likely N-dealkylation sites (tertiary alicyclic amines) is 1. The largest absolute Gasteiger partial charge is 0.497 e. The molecule has 0 spiro atoms. The number of piperidine rings is 1. The van der Waals surface area contributed by atoms with E-state index in [1.807, 2.05) is 24.3 Å². The molecule has 2 heterocycles. The van der Waals surface area contributed by atoms with Crippen LogP contribution in [0.25, 0.3) is 0 Å². The fourth-order valence-corrected chi connectivity index (χ4v) is 5.83. The Morgan fingerprint density at radius 2 is 1.63 bits per heavy atom. The van der Waals surface area contributed by atoms with Gasteiger partial charge >= 0.3 is 0 Å². The summed E-state index contributed by atoms with van der Waals surface area (Å²) in [7, 11) is 3.30. The van der Waals surface area contributed by atoms with Gasteiger partial charge in [-0.15, -0.1) is 11.8 Å². The Hall–Kier alpha value is -2.24. The number of thioether (sulfide) groups is 1. The van der Waals surface area contributed by atoms with Crippen molar-refractivity contribution in [1.82, 2.24) is 4.90 Å². The molecule has 5 heteroatoms. The van der Waals surface area contributed by atoms with Crippen LogP contribution in [0.5, 0.6) is 5.75 Å². The van der Waals surface area contributed by atoms with Gasteiger partial charge in [0, 0.05) is 11.4 Å². The summed E-state index contributed by atoms with van der Waals surface area (Å²) in [5.74, 6) is 1.99. The lowest BCUT2D eigenvalue weighted by molar-refractivity contribution is -0.117. The number of hydrogen-bond acceptors (Lipinski definition) is 5. The van der Waals surface area contributed by atoms with E-state index in [-0.39, 0.29) is 11.0 Å². The minimum absolute atomic E-state index is 0.0920. The molecule has 1 unspecified atom stereocenters. The molecule has 0 radical (unpaired) electrons. The van der Waals surface area contributed by atoms with Crippen molar-refractivity contribution in [2.24, 2.45) is 5.92 Å². The Bertz CT molecular complexity index is 886. The zero-order chi connectivity index (χ0) is 20.9. The number of benzene rings is 2. The first-order valence-electron chi connectivity index (χ1n) is 10.6. The summed E-state index contributed by atoms with van der Waals surface area (Å²) >= 11 is 1.72. The summed E-state index contributed by atoms with van der Waals surface area (Å²) in [5.41, 5.74) is 2.51. The molecule has 0 bridgehead atoms. The molecule has 158 valence electrons. The lowest BCUT2D eigenvalue weighted by Gasteiger charge is -2.32. The molecule has 1 fully saturated rings. The zero-order valence-corrected chi connectivity index (χ0v) is 18.5. The molecule has 0 aromatic heterocycles. The van der Waals surface area contributed by atoms with Gasteiger partial charge < -0.3 is 9.47 Å². The number of methoxy groups -OCH3 is 2. The summed E-state index contributed by atoms with van der Waals surface area (Å²) < 4.78 is 10.8. The molecule has 2 aromatic rings. The van der Waals surface area contributed by atoms with E-state index in [0.29, 0.717) is 11.7 Å². The fourth-order valence-electron chi connectivity index (χ4n) is 4.32. The Kier molecular flexibility index (Phi) is 6.80. The van der Waals surface area contributed by atoms with E-state index in [1.54, 1.807) is 26.0 Å². The second kappa shape index (κ2) is 9.71. The van der Waals surface area contributed by atoms with Gasteiger partial charge in [0.05, 0.1) is 19.5 Å². The zero-order valence-electron chi connectivity index (χ0n) is 17.7. The third kappa shape index (κ3) is 4.73. The van der Waals surface area contributed by atoms with Gasteiger partial charge in [0.2, 0.25) is 5.78 Å². The predicted octanol–water partition coefficient (Wildman–Crippen LogP) is 4.69. The molecule has 2 aliphatic heterocycles. The van der Waals surface area contributed by atoms with Crippen molar-refractivity contribution in [3.05, 3.63) is 76.4 Å². The third-order valence-electron chi connectivity index (χ3n) is 6.00. The molecule has 4 rings (SSSR count). The van der Waals surface area contributed by atoms with Gasteiger partial charge in [0.1, 0.15) is 5.75 Å². The van der Waals surface area contributed by atoms with Gasteiger partial charge in [-0.2, -0.15) is 0 Å². The summed E-state index contributed by atoms with van der Waals surface area (Å²) in [4.78, 5) is 16.7. The van der Waals surface area contributed by atoms with E-state index in [0.717, 1.165) is 50.2 Å². The summed E-state index contributed by atoms with van der Waals surface area (Å²) in [6.07, 6.45) is 2.87. The SMILES string of the molecule is COC1=C(C2CCN(Cc3ccccc3)CC2)SC(Cc2ccc(OC)cc2)C1=O. The van der Waals surface area contributed by atoms with Crippen LogP contribution >= 0.6 is 11.8 Å². The van der Waals surface area contributed by atoms with Crippen LogP contribution in [0.15, 0.2) is 65.3 Å².